The van der Waals surface area contributed by atoms with Gasteiger partial charge in [-0.15, -0.1) is 0 Å². The van der Waals surface area contributed by atoms with E-state index in [2.05, 4.69) is 229 Å². The van der Waals surface area contributed by atoms with Crippen molar-refractivity contribution in [3.05, 3.63) is 224 Å². The minimum Gasteiger partial charge on any atom is -0.310 e. The maximum absolute atomic E-state index is 2.40. The van der Waals surface area contributed by atoms with E-state index in [9.17, 15) is 0 Å². The molecule has 12 rings (SSSR count). The van der Waals surface area contributed by atoms with Crippen molar-refractivity contribution in [2.45, 2.75) is 0 Å². The van der Waals surface area contributed by atoms with Crippen LogP contribution in [0.2, 0.25) is 0 Å². The third-order valence-corrected chi connectivity index (χ3v) is 12.4. The highest BCUT2D eigenvalue weighted by Crippen LogP contribution is 2.49. The molecule has 0 aromatic heterocycles. The Hall–Kier alpha value is -7.74. The smallest absolute Gasteiger partial charge is 0.0467 e. The van der Waals surface area contributed by atoms with Crippen LogP contribution >= 0.6 is 0 Å². The summed E-state index contributed by atoms with van der Waals surface area (Å²) in [5.74, 6) is 0. The summed E-state index contributed by atoms with van der Waals surface area (Å²) in [5.41, 5.74) is 15.8. The van der Waals surface area contributed by atoms with Crippen molar-refractivity contribution in [3.8, 4) is 55.6 Å². The van der Waals surface area contributed by atoms with Crippen molar-refractivity contribution in [2.75, 3.05) is 4.90 Å². The van der Waals surface area contributed by atoms with Crippen LogP contribution in [0.3, 0.4) is 0 Å². The summed E-state index contributed by atoms with van der Waals surface area (Å²) in [6.45, 7) is 0. The second-order valence-electron chi connectivity index (χ2n) is 15.7. The zero-order chi connectivity index (χ0) is 38.9. The second-order valence-corrected chi connectivity index (χ2v) is 15.7. The number of nitrogens with zero attached hydrogens (tertiary/aromatic N) is 1. The van der Waals surface area contributed by atoms with Gasteiger partial charge < -0.3 is 4.90 Å². The maximum atomic E-state index is 2.40. The lowest BCUT2D eigenvalue weighted by Gasteiger charge is -2.27. The number of hydrogen-bond acceptors (Lipinski definition) is 1. The maximum Gasteiger partial charge on any atom is 0.0467 e. The summed E-state index contributed by atoms with van der Waals surface area (Å²) in [7, 11) is 0. The molecule has 274 valence electrons. The van der Waals surface area contributed by atoms with Gasteiger partial charge in [0.1, 0.15) is 0 Å². The fraction of sp³-hybridized carbons (Fsp3) is 0. The van der Waals surface area contributed by atoms with Crippen LogP contribution in [0.15, 0.2) is 224 Å². The lowest BCUT2D eigenvalue weighted by Crippen LogP contribution is -2.10. The molecular formula is C58H37N. The van der Waals surface area contributed by atoms with Gasteiger partial charge in [0.25, 0.3) is 0 Å². The number of hydrogen-bond donors (Lipinski definition) is 0. The molecule has 0 atom stereocenters. The van der Waals surface area contributed by atoms with Crippen LogP contribution in [-0.4, -0.2) is 0 Å². The highest BCUT2D eigenvalue weighted by Gasteiger charge is 2.22. The number of benzene rings is 11. The van der Waals surface area contributed by atoms with Crippen LogP contribution in [0, 0.1) is 0 Å². The van der Waals surface area contributed by atoms with Gasteiger partial charge in [-0.25, -0.2) is 0 Å². The molecule has 1 aliphatic rings. The van der Waals surface area contributed by atoms with Gasteiger partial charge in [-0.1, -0.05) is 176 Å². The van der Waals surface area contributed by atoms with Crippen LogP contribution in [-0.2, 0) is 0 Å². The number of rotatable bonds is 6. The van der Waals surface area contributed by atoms with Crippen molar-refractivity contribution in [1.82, 2.24) is 0 Å². The molecule has 1 aliphatic carbocycles. The zero-order valence-corrected chi connectivity index (χ0v) is 32.3. The van der Waals surface area contributed by atoms with Gasteiger partial charge in [-0.05, 0) is 147 Å². The van der Waals surface area contributed by atoms with Crippen molar-refractivity contribution in [1.29, 1.82) is 0 Å². The Morgan fingerprint density at radius 1 is 0.220 bits per heavy atom. The predicted octanol–water partition coefficient (Wildman–Crippen LogP) is 16.4. The fourth-order valence-electron chi connectivity index (χ4n) is 9.53. The summed E-state index contributed by atoms with van der Waals surface area (Å²) in [4.78, 5) is 2.40. The lowest BCUT2D eigenvalue weighted by molar-refractivity contribution is 1.28. The Labute approximate surface area is 343 Å². The van der Waals surface area contributed by atoms with Gasteiger partial charge in [0.15, 0.2) is 0 Å². The average molecular weight is 748 g/mol. The average Bonchev–Trinajstić information content (AvgIpc) is 3.63. The van der Waals surface area contributed by atoms with E-state index in [-0.39, 0.29) is 0 Å². The third-order valence-electron chi connectivity index (χ3n) is 12.4. The monoisotopic (exact) mass is 747 g/mol. The molecule has 11 aromatic carbocycles. The molecule has 1 heteroatoms. The molecule has 0 aliphatic heterocycles. The van der Waals surface area contributed by atoms with Crippen LogP contribution < -0.4 is 4.90 Å². The van der Waals surface area contributed by atoms with Gasteiger partial charge >= 0.3 is 0 Å². The van der Waals surface area contributed by atoms with E-state index in [0.29, 0.717) is 0 Å². The number of anilines is 3. The first kappa shape index (κ1) is 33.4. The van der Waals surface area contributed by atoms with E-state index in [4.69, 9.17) is 0 Å². The Balaban J connectivity index is 0.978. The first-order chi connectivity index (χ1) is 29.2. The normalized spacial score (nSPS) is 11.7. The minimum absolute atomic E-state index is 1.10. The van der Waals surface area contributed by atoms with Crippen molar-refractivity contribution in [2.24, 2.45) is 0 Å². The van der Waals surface area contributed by atoms with Crippen molar-refractivity contribution < 1.29 is 0 Å². The molecule has 1 nitrogen and oxygen atoms in total. The molecule has 0 spiro atoms. The topological polar surface area (TPSA) is 3.24 Å². The molecule has 0 fully saturated rings. The summed E-state index contributed by atoms with van der Waals surface area (Å²) >= 11 is 0. The fourth-order valence-corrected chi connectivity index (χ4v) is 9.53. The Morgan fingerprint density at radius 3 is 1.47 bits per heavy atom. The van der Waals surface area contributed by atoms with Gasteiger partial charge in [0.2, 0.25) is 0 Å². The Morgan fingerprint density at radius 2 is 0.729 bits per heavy atom. The molecule has 0 saturated carbocycles. The molecule has 0 heterocycles. The van der Waals surface area contributed by atoms with Crippen LogP contribution in [0.1, 0.15) is 0 Å². The van der Waals surface area contributed by atoms with Crippen LogP contribution in [0.5, 0.6) is 0 Å². The van der Waals surface area contributed by atoms with E-state index < -0.39 is 0 Å². The van der Waals surface area contributed by atoms with Crippen molar-refractivity contribution in [3.63, 3.8) is 0 Å². The van der Waals surface area contributed by atoms with Gasteiger partial charge in [0.05, 0.1) is 0 Å². The molecule has 0 bridgehead atoms. The SMILES string of the molecule is c1cc(-c2ccc3c(c2)-c2cccc4cccc-3c24)cc(N(c2ccc(-c3cccc4ccccc34)cc2)c2cccc(-c3ccc4c(ccc5ccccc54)c3)c2)c1. The molecule has 0 saturated heterocycles. The van der Waals surface area contributed by atoms with Gasteiger partial charge in [-0.3, -0.25) is 0 Å². The van der Waals surface area contributed by atoms with E-state index in [0.717, 1.165) is 17.1 Å². The lowest BCUT2D eigenvalue weighted by atomic mass is 9.96. The first-order valence-electron chi connectivity index (χ1n) is 20.4. The molecule has 11 aromatic rings. The Bertz CT molecular complexity index is 3440. The first-order valence-corrected chi connectivity index (χ1v) is 20.4. The van der Waals surface area contributed by atoms with Gasteiger partial charge in [-0.2, -0.15) is 0 Å². The number of fused-ring (bicyclic) bond motifs is 7. The molecular weight excluding hydrogens is 711 g/mol. The van der Waals surface area contributed by atoms with Gasteiger partial charge in [0, 0.05) is 17.1 Å². The van der Waals surface area contributed by atoms with Crippen LogP contribution in [0.25, 0.3) is 98.7 Å². The van der Waals surface area contributed by atoms with Crippen molar-refractivity contribution >= 4 is 60.2 Å². The van der Waals surface area contributed by atoms with E-state index in [1.807, 2.05) is 0 Å². The molecule has 0 amide bonds. The quantitative estimate of drug-likeness (QED) is 0.153. The summed E-state index contributed by atoms with van der Waals surface area (Å²) in [5, 5.41) is 10.2. The van der Waals surface area contributed by atoms with Crippen LogP contribution in [0.4, 0.5) is 17.1 Å². The minimum atomic E-state index is 1.10. The van der Waals surface area contributed by atoms with E-state index >= 15 is 0 Å². The zero-order valence-electron chi connectivity index (χ0n) is 32.3. The molecule has 0 radical (unpaired) electrons. The summed E-state index contributed by atoms with van der Waals surface area (Å²) in [6.07, 6.45) is 0. The summed E-state index contributed by atoms with van der Waals surface area (Å²) < 4.78 is 0. The molecule has 0 unspecified atom stereocenters. The standard InChI is InChI=1S/C58H37N/c1-3-19-50-38(10-1)12-7-21-52(50)40-26-30-47(31-27-40)59(48-17-5-15-42(35-48)44-28-32-53-46(34-44)25-24-39-11-2-4-20-51(39)53)49-18-6-16-43(36-49)45-29-33-54-55-22-8-13-41-14-9-23-56(58(41)55)57(54)37-45/h1-37H. The third kappa shape index (κ3) is 5.55. The Kier molecular flexibility index (Phi) is 7.61. The molecule has 59 heavy (non-hydrogen) atoms. The highest BCUT2D eigenvalue weighted by atomic mass is 15.1. The predicted molar refractivity (Wildman–Crippen MR) is 252 cm³/mol. The van der Waals surface area contributed by atoms with E-state index in [1.165, 1.54) is 98.7 Å². The van der Waals surface area contributed by atoms with E-state index in [1.54, 1.807) is 0 Å². The summed E-state index contributed by atoms with van der Waals surface area (Å²) in [6, 6.07) is 82.6. The highest BCUT2D eigenvalue weighted by molar-refractivity contribution is 6.15. The molecule has 0 N–H and O–H groups in total. The second kappa shape index (κ2) is 13.4. The largest absolute Gasteiger partial charge is 0.310 e.